The monoisotopic (exact) mass is 314 g/mol. The Balaban J connectivity index is 2.25. The predicted octanol–water partition coefficient (Wildman–Crippen LogP) is 2.46. The second-order valence-electron chi connectivity index (χ2n) is 6.77. The fourth-order valence-corrected chi connectivity index (χ4v) is 2.84. The van der Waals surface area contributed by atoms with Gasteiger partial charge >= 0.3 is 5.97 Å². The van der Waals surface area contributed by atoms with Crippen molar-refractivity contribution in [3.63, 3.8) is 0 Å². The van der Waals surface area contributed by atoms with Gasteiger partial charge in [0.1, 0.15) is 24.0 Å². The maximum atomic E-state index is 12.5. The largest absolute Gasteiger partial charge is 0.459 e. The number of hydrogen-bond acceptors (Lipinski definition) is 4. The average Bonchev–Trinajstić information content (AvgIpc) is 2.84. The summed E-state index contributed by atoms with van der Waals surface area (Å²) in [6, 6.07) is 7.98. The number of hydrogen-bond donors (Lipinski definition) is 0. The van der Waals surface area contributed by atoms with E-state index in [2.05, 4.69) is 4.85 Å². The minimum Gasteiger partial charge on any atom is -0.459 e. The summed E-state index contributed by atoms with van der Waals surface area (Å²) in [5, 5.41) is 0. The summed E-state index contributed by atoms with van der Waals surface area (Å²) in [5.74, 6) is -0.369. The molecule has 0 bridgehead atoms. The van der Waals surface area contributed by atoms with Crippen LogP contribution in [0.1, 0.15) is 32.8 Å². The number of esters is 1. The van der Waals surface area contributed by atoms with E-state index in [0.717, 1.165) is 11.8 Å². The molecule has 1 aromatic rings. The van der Waals surface area contributed by atoms with Gasteiger partial charge in [-0.1, -0.05) is 30.3 Å². The van der Waals surface area contributed by atoms with E-state index < -0.39 is 23.7 Å². The molecule has 1 saturated heterocycles. The van der Waals surface area contributed by atoms with Gasteiger partial charge in [0.05, 0.1) is 6.42 Å². The van der Waals surface area contributed by atoms with Crippen molar-refractivity contribution < 1.29 is 14.3 Å². The van der Waals surface area contributed by atoms with E-state index in [9.17, 15) is 9.59 Å². The Hall–Kier alpha value is -2.19. The smallest absolute Gasteiger partial charge is 0.324 e. The molecule has 0 N–H and O–H groups in total. The maximum Gasteiger partial charge on any atom is 0.324 e. The Morgan fingerprint density at radius 3 is 2.57 bits per heavy atom. The van der Waals surface area contributed by atoms with Crippen molar-refractivity contribution in [2.75, 3.05) is 0 Å². The van der Waals surface area contributed by atoms with Crippen LogP contribution in [0.15, 0.2) is 30.3 Å². The molecule has 1 aromatic carbocycles. The van der Waals surface area contributed by atoms with Crippen LogP contribution in [-0.4, -0.2) is 40.9 Å². The van der Waals surface area contributed by atoms with Gasteiger partial charge in [0, 0.05) is 6.54 Å². The van der Waals surface area contributed by atoms with Crippen LogP contribution in [0, 0.1) is 6.57 Å². The van der Waals surface area contributed by atoms with Crippen LogP contribution >= 0.6 is 0 Å². The Bertz CT molecular complexity index is 601. The molecular weight excluding hydrogens is 292 g/mol. The van der Waals surface area contributed by atoms with Crippen molar-refractivity contribution in [2.24, 2.45) is 0 Å². The maximum absolute atomic E-state index is 12.5. The van der Waals surface area contributed by atoms with Crippen LogP contribution in [0.5, 0.6) is 0 Å². The summed E-state index contributed by atoms with van der Waals surface area (Å²) in [4.78, 5) is 29.3. The second kappa shape index (κ2) is 6.93. The molecule has 0 spiro atoms. The molecule has 5 nitrogen and oxygen atoms in total. The number of carbonyl (C=O) groups is 2. The molecule has 2 rings (SSSR count). The van der Waals surface area contributed by atoms with Gasteiger partial charge in [0.15, 0.2) is 0 Å². The van der Waals surface area contributed by atoms with Crippen LogP contribution in [0.3, 0.4) is 0 Å². The van der Waals surface area contributed by atoms with Gasteiger partial charge in [-0.3, -0.25) is 9.69 Å². The molecule has 122 valence electrons. The van der Waals surface area contributed by atoms with E-state index in [4.69, 9.17) is 11.3 Å². The highest BCUT2D eigenvalue weighted by Crippen LogP contribution is 2.30. The number of benzene rings is 1. The predicted molar refractivity (Wildman–Crippen MR) is 86.5 cm³/mol. The molecule has 0 aliphatic carbocycles. The molecule has 1 fully saturated rings. The number of carbonyl (C=O) groups excluding carboxylic acids is 2. The van der Waals surface area contributed by atoms with Crippen LogP contribution in [0.4, 0.5) is 0 Å². The number of ether oxygens (including phenoxy) is 1. The van der Waals surface area contributed by atoms with E-state index in [1.807, 2.05) is 51.1 Å². The molecule has 0 aromatic heterocycles. The highest BCUT2D eigenvalue weighted by Gasteiger charge is 2.49. The number of aldehydes is 1. The summed E-state index contributed by atoms with van der Waals surface area (Å²) in [7, 11) is 0. The summed E-state index contributed by atoms with van der Waals surface area (Å²) >= 11 is 0. The number of nitrogens with zero attached hydrogens (tertiary/aromatic N) is 2. The first-order chi connectivity index (χ1) is 10.9. The topological polar surface area (TPSA) is 51.0 Å². The summed E-state index contributed by atoms with van der Waals surface area (Å²) in [6.07, 6.45) is 1.10. The molecule has 0 saturated carbocycles. The van der Waals surface area contributed by atoms with Crippen LogP contribution in [0.2, 0.25) is 0 Å². The van der Waals surface area contributed by atoms with Crippen LogP contribution in [-0.2, 0) is 20.9 Å². The lowest BCUT2D eigenvalue weighted by atomic mass is 10.1. The molecule has 0 amide bonds. The summed E-state index contributed by atoms with van der Waals surface area (Å²) in [6.45, 7) is 13.2. The van der Waals surface area contributed by atoms with Crippen molar-refractivity contribution >= 4 is 12.3 Å². The lowest BCUT2D eigenvalue weighted by molar-refractivity contribution is -0.161. The SMILES string of the molecule is [C-]#[N+][C@@H]1C[C@H](C(=O)OC(C)(C)C)N(Cc2ccccc2)[C@H]1C=O. The van der Waals surface area contributed by atoms with Crippen molar-refractivity contribution in [1.29, 1.82) is 0 Å². The lowest BCUT2D eigenvalue weighted by Crippen LogP contribution is -2.44. The van der Waals surface area contributed by atoms with E-state index in [-0.39, 0.29) is 5.97 Å². The van der Waals surface area contributed by atoms with E-state index >= 15 is 0 Å². The minimum atomic E-state index is -0.595. The van der Waals surface area contributed by atoms with E-state index in [0.29, 0.717) is 13.0 Å². The van der Waals surface area contributed by atoms with Gasteiger partial charge in [-0.2, -0.15) is 0 Å². The van der Waals surface area contributed by atoms with Gasteiger partial charge in [-0.05, 0) is 26.3 Å². The van der Waals surface area contributed by atoms with Crippen molar-refractivity contribution in [3.8, 4) is 0 Å². The molecule has 1 heterocycles. The highest BCUT2D eigenvalue weighted by atomic mass is 16.6. The summed E-state index contributed by atoms with van der Waals surface area (Å²) < 4.78 is 5.48. The third-order valence-corrected chi connectivity index (χ3v) is 3.83. The minimum absolute atomic E-state index is 0.328. The van der Waals surface area contributed by atoms with Crippen molar-refractivity contribution in [2.45, 2.75) is 57.5 Å². The Morgan fingerprint density at radius 1 is 1.39 bits per heavy atom. The first kappa shape index (κ1) is 17.2. The second-order valence-corrected chi connectivity index (χ2v) is 6.77. The zero-order chi connectivity index (χ0) is 17.0. The van der Waals surface area contributed by atoms with Gasteiger partial charge in [-0.25, -0.2) is 6.57 Å². The molecule has 5 heteroatoms. The zero-order valence-electron chi connectivity index (χ0n) is 13.7. The van der Waals surface area contributed by atoms with Crippen molar-refractivity contribution in [1.82, 2.24) is 4.90 Å². The first-order valence-electron chi connectivity index (χ1n) is 7.70. The molecule has 3 atom stereocenters. The van der Waals surface area contributed by atoms with Crippen LogP contribution in [0.25, 0.3) is 4.85 Å². The molecule has 0 unspecified atom stereocenters. The molecule has 0 radical (unpaired) electrons. The molecule has 23 heavy (non-hydrogen) atoms. The fraction of sp³-hybridized carbons (Fsp3) is 0.500. The normalized spacial score (nSPS) is 24.9. The zero-order valence-corrected chi connectivity index (χ0v) is 13.7. The number of rotatable bonds is 4. The van der Waals surface area contributed by atoms with Crippen LogP contribution < -0.4 is 0 Å². The van der Waals surface area contributed by atoms with Gasteiger partial charge in [0.2, 0.25) is 6.04 Å². The average molecular weight is 314 g/mol. The molecule has 1 aliphatic rings. The quantitative estimate of drug-likeness (QED) is 0.487. The Morgan fingerprint density at radius 2 is 2.04 bits per heavy atom. The van der Waals surface area contributed by atoms with Gasteiger partial charge < -0.3 is 14.4 Å². The van der Waals surface area contributed by atoms with Crippen molar-refractivity contribution in [3.05, 3.63) is 47.3 Å². The highest BCUT2D eigenvalue weighted by molar-refractivity contribution is 5.78. The molecule has 1 aliphatic heterocycles. The van der Waals surface area contributed by atoms with Gasteiger partial charge in [-0.15, -0.1) is 0 Å². The Labute approximate surface area is 137 Å². The standard InChI is InChI=1S/C18H22N2O3/c1-18(2,3)23-17(22)15-10-14(19-4)16(12-21)20(15)11-13-8-6-5-7-9-13/h5-9,12,14-16H,10-11H2,1-3H3/t14-,15-,16+/m1/s1. The first-order valence-corrected chi connectivity index (χ1v) is 7.70. The van der Waals surface area contributed by atoms with Gasteiger partial charge in [0.25, 0.3) is 0 Å². The van der Waals surface area contributed by atoms with E-state index in [1.54, 1.807) is 4.90 Å². The molecular formula is C18H22N2O3. The number of likely N-dealkylation sites (tertiary alicyclic amines) is 1. The van der Waals surface area contributed by atoms with E-state index in [1.165, 1.54) is 0 Å². The lowest BCUT2D eigenvalue weighted by Gasteiger charge is -2.28. The Kier molecular flexibility index (Phi) is 5.17. The third-order valence-electron chi connectivity index (χ3n) is 3.83. The third kappa shape index (κ3) is 4.17. The fourth-order valence-electron chi connectivity index (χ4n) is 2.84. The summed E-state index contributed by atoms with van der Waals surface area (Å²) in [5.41, 5.74) is 0.404.